The zero-order valence-corrected chi connectivity index (χ0v) is 39.7. The van der Waals surface area contributed by atoms with Crippen molar-refractivity contribution in [3.8, 4) is 33.4 Å². The van der Waals surface area contributed by atoms with Crippen LogP contribution in [-0.4, -0.2) is 0 Å². The van der Waals surface area contributed by atoms with Gasteiger partial charge >= 0.3 is 0 Å². The molecule has 8 aromatic rings. The molecule has 0 saturated heterocycles. The summed E-state index contributed by atoms with van der Waals surface area (Å²) in [5.74, 6) is 0.609. The third-order valence-corrected chi connectivity index (χ3v) is 13.8. The third-order valence-electron chi connectivity index (χ3n) is 13.8. The van der Waals surface area contributed by atoms with Gasteiger partial charge in [-0.25, -0.2) is 0 Å². The van der Waals surface area contributed by atoms with Crippen LogP contribution >= 0.6 is 0 Å². The lowest BCUT2D eigenvalue weighted by atomic mass is 9.67. The van der Waals surface area contributed by atoms with Gasteiger partial charge in [-0.3, -0.25) is 0 Å². The van der Waals surface area contributed by atoms with E-state index in [4.69, 9.17) is 0 Å². The molecule has 0 aromatic heterocycles. The summed E-state index contributed by atoms with van der Waals surface area (Å²) < 4.78 is 0. The standard InChI is InChI=1S/C51H42.C16H18/c1-4-14-38(5-2)42-17-12-21-46(34-42)51(45-19-10-7-11-20-45)48-22-13-18-44(33-37-25-29-41(30-26-37)40-27-23-36(3)24-28-40)50(48)47-32-31-43(35-49(47)51)39-15-8-6-9-16-39;1-11-6-8-15(14(4)9-11)16-10-12(2)5-7-13(16)3/h4-23,25-32,34-36H,1-2,24,33H2,3H3;5-10H,1-4H3/b38-14+;. The van der Waals surface area contributed by atoms with E-state index >= 15 is 0 Å². The fourth-order valence-corrected chi connectivity index (χ4v) is 10.3. The summed E-state index contributed by atoms with van der Waals surface area (Å²) in [7, 11) is 0. The van der Waals surface area contributed by atoms with Crippen molar-refractivity contribution >= 4 is 11.1 Å². The van der Waals surface area contributed by atoms with Crippen LogP contribution in [0.25, 0.3) is 44.5 Å². The van der Waals surface area contributed by atoms with E-state index in [1.54, 1.807) is 0 Å². The maximum absolute atomic E-state index is 4.14. The first-order chi connectivity index (χ1) is 32.7. The Labute approximate surface area is 399 Å². The highest BCUT2D eigenvalue weighted by Crippen LogP contribution is 2.58. The maximum atomic E-state index is 4.14. The number of allylic oxidation sites excluding steroid dienone is 8. The van der Waals surface area contributed by atoms with E-state index in [2.05, 4.69) is 248 Å². The Balaban J connectivity index is 0.000000297. The summed E-state index contributed by atoms with van der Waals surface area (Å²) in [5.41, 5.74) is 25.1. The lowest BCUT2D eigenvalue weighted by Crippen LogP contribution is -2.28. The molecule has 8 aromatic carbocycles. The molecule has 0 nitrogen and oxygen atoms in total. The third kappa shape index (κ3) is 8.93. The zero-order chi connectivity index (χ0) is 46.5. The molecule has 0 N–H and O–H groups in total. The van der Waals surface area contributed by atoms with Crippen molar-refractivity contribution in [1.29, 1.82) is 0 Å². The topological polar surface area (TPSA) is 0 Å². The minimum Gasteiger partial charge on any atom is -0.0990 e. The van der Waals surface area contributed by atoms with Gasteiger partial charge in [-0.2, -0.15) is 0 Å². The van der Waals surface area contributed by atoms with Crippen LogP contribution in [0.1, 0.15) is 80.1 Å². The zero-order valence-electron chi connectivity index (χ0n) is 39.7. The Morgan fingerprint density at radius 2 is 1.25 bits per heavy atom. The highest BCUT2D eigenvalue weighted by Gasteiger charge is 2.47. The number of rotatable bonds is 10. The Morgan fingerprint density at radius 1 is 0.567 bits per heavy atom. The van der Waals surface area contributed by atoms with E-state index in [9.17, 15) is 0 Å². The quantitative estimate of drug-likeness (QED) is 0.120. The van der Waals surface area contributed by atoms with Crippen molar-refractivity contribution in [3.63, 3.8) is 0 Å². The molecule has 10 rings (SSSR count). The fourth-order valence-electron chi connectivity index (χ4n) is 10.3. The predicted molar refractivity (Wildman–Crippen MR) is 289 cm³/mol. The molecular weight excluding hydrogens is 805 g/mol. The average Bonchev–Trinajstić information content (AvgIpc) is 3.66. The number of benzene rings is 8. The van der Waals surface area contributed by atoms with Crippen molar-refractivity contribution in [2.45, 2.75) is 52.9 Å². The SMILES string of the molecule is C=C/C=C(\C=C)c1cccc(C2(c3ccccc3)c3cc(-c4ccccc4)ccc3-c3c(Cc4ccc(C5=CCC(C)C=C5)cc4)cccc32)c1.Cc1ccc(-c2cc(C)ccc2C)c(C)c1. The van der Waals surface area contributed by atoms with Gasteiger partial charge in [-0.1, -0.05) is 238 Å². The second-order valence-electron chi connectivity index (χ2n) is 18.5. The summed E-state index contributed by atoms with van der Waals surface area (Å²) >= 11 is 0. The Hall–Kier alpha value is -7.54. The van der Waals surface area contributed by atoms with Crippen LogP contribution in [0.5, 0.6) is 0 Å². The summed E-state index contributed by atoms with van der Waals surface area (Å²) in [4.78, 5) is 0. The predicted octanol–water partition coefficient (Wildman–Crippen LogP) is 17.6. The van der Waals surface area contributed by atoms with Crippen LogP contribution in [0.3, 0.4) is 0 Å². The van der Waals surface area contributed by atoms with Crippen molar-refractivity contribution in [2.24, 2.45) is 5.92 Å². The molecule has 0 saturated carbocycles. The molecule has 0 radical (unpaired) electrons. The van der Waals surface area contributed by atoms with Crippen molar-refractivity contribution in [2.75, 3.05) is 0 Å². The minimum atomic E-state index is -0.538. The lowest BCUT2D eigenvalue weighted by Gasteiger charge is -2.34. The van der Waals surface area contributed by atoms with Gasteiger partial charge in [0, 0.05) is 0 Å². The van der Waals surface area contributed by atoms with Gasteiger partial charge in [0.15, 0.2) is 0 Å². The van der Waals surface area contributed by atoms with Crippen molar-refractivity contribution in [3.05, 3.63) is 298 Å². The largest absolute Gasteiger partial charge is 0.0990 e. The van der Waals surface area contributed by atoms with Crippen LogP contribution in [0, 0.1) is 33.6 Å². The number of aryl methyl sites for hydroxylation is 4. The molecule has 2 unspecified atom stereocenters. The van der Waals surface area contributed by atoms with Crippen LogP contribution in [-0.2, 0) is 11.8 Å². The second-order valence-corrected chi connectivity index (χ2v) is 18.5. The second kappa shape index (κ2) is 19.5. The van der Waals surface area contributed by atoms with Crippen LogP contribution in [0.2, 0.25) is 0 Å². The van der Waals surface area contributed by atoms with E-state index in [1.807, 2.05) is 18.2 Å². The molecule has 0 amide bonds. The summed E-state index contributed by atoms with van der Waals surface area (Å²) in [6, 6.07) is 67.4. The average molecular weight is 865 g/mol. The monoisotopic (exact) mass is 864 g/mol. The highest BCUT2D eigenvalue weighted by molar-refractivity contribution is 5.91. The maximum Gasteiger partial charge on any atom is 0.0714 e. The molecule has 0 aliphatic heterocycles. The van der Waals surface area contributed by atoms with Crippen LogP contribution in [0.4, 0.5) is 0 Å². The Kier molecular flexibility index (Phi) is 13.0. The summed E-state index contributed by atoms with van der Waals surface area (Å²) in [6.07, 6.45) is 14.7. The molecule has 2 aliphatic carbocycles. The van der Waals surface area contributed by atoms with Gasteiger partial charge in [0.2, 0.25) is 0 Å². The molecule has 0 fully saturated rings. The number of hydrogen-bond donors (Lipinski definition) is 0. The van der Waals surface area contributed by atoms with Gasteiger partial charge in [-0.15, -0.1) is 0 Å². The molecule has 0 bridgehead atoms. The minimum absolute atomic E-state index is 0.538. The first kappa shape index (κ1) is 44.7. The molecule has 328 valence electrons. The molecule has 2 atom stereocenters. The lowest BCUT2D eigenvalue weighted by molar-refractivity contribution is 0.739. The summed E-state index contributed by atoms with van der Waals surface area (Å²) in [5, 5.41) is 0. The van der Waals surface area contributed by atoms with Gasteiger partial charge in [0.25, 0.3) is 0 Å². The first-order valence-corrected chi connectivity index (χ1v) is 23.7. The highest BCUT2D eigenvalue weighted by atomic mass is 14.5. The Morgan fingerprint density at radius 3 is 1.97 bits per heavy atom. The van der Waals surface area contributed by atoms with Crippen molar-refractivity contribution in [1.82, 2.24) is 0 Å². The van der Waals surface area contributed by atoms with Crippen LogP contribution in [0.15, 0.2) is 232 Å². The molecule has 2 aliphatic rings. The van der Waals surface area contributed by atoms with E-state index in [0.717, 1.165) is 24.0 Å². The fraction of sp³-hybridized carbons (Fsp3) is 0.134. The van der Waals surface area contributed by atoms with E-state index in [0.29, 0.717) is 5.92 Å². The summed E-state index contributed by atoms with van der Waals surface area (Å²) in [6.45, 7) is 19.0. The molecule has 0 heteroatoms. The smallest absolute Gasteiger partial charge is 0.0714 e. The van der Waals surface area contributed by atoms with E-state index in [1.165, 1.54) is 100 Å². The van der Waals surface area contributed by atoms with E-state index in [-0.39, 0.29) is 0 Å². The van der Waals surface area contributed by atoms with Crippen LogP contribution < -0.4 is 0 Å². The normalized spacial score (nSPS) is 16.0. The molecule has 0 heterocycles. The van der Waals surface area contributed by atoms with E-state index < -0.39 is 5.41 Å². The number of fused-ring (bicyclic) bond motifs is 3. The van der Waals surface area contributed by atoms with Gasteiger partial charge in [0.05, 0.1) is 5.41 Å². The first-order valence-electron chi connectivity index (χ1n) is 23.7. The van der Waals surface area contributed by atoms with Crippen molar-refractivity contribution < 1.29 is 0 Å². The molecular formula is C67H60. The molecule has 0 spiro atoms. The number of hydrogen-bond acceptors (Lipinski definition) is 0. The van der Waals surface area contributed by atoms with Gasteiger partial charge < -0.3 is 0 Å². The van der Waals surface area contributed by atoms with Gasteiger partial charge in [-0.05, 0) is 159 Å². The van der Waals surface area contributed by atoms with Gasteiger partial charge in [0.1, 0.15) is 0 Å². The molecule has 67 heavy (non-hydrogen) atoms. The Bertz CT molecular complexity index is 3190.